The van der Waals surface area contributed by atoms with Crippen LogP contribution in [0.25, 0.3) is 0 Å². The number of fused-ring (bicyclic) bond motifs is 1. The molecular weight excluding hydrogens is 382 g/mol. The SMILES string of the molecule is O=C(NC(CO)Cc1ccccc1)C1CN(C(=O)c2ccco2)Cc2cccnc21. The van der Waals surface area contributed by atoms with Crippen LogP contribution in [0.2, 0.25) is 0 Å². The van der Waals surface area contributed by atoms with Crippen LogP contribution in [0.1, 0.15) is 33.3 Å². The molecule has 0 bridgehead atoms. The zero-order chi connectivity index (χ0) is 20.9. The van der Waals surface area contributed by atoms with Gasteiger partial charge >= 0.3 is 0 Å². The Balaban J connectivity index is 1.53. The molecule has 154 valence electrons. The Morgan fingerprint density at radius 3 is 2.73 bits per heavy atom. The number of nitrogens with one attached hydrogen (secondary N) is 1. The molecule has 3 aromatic rings. The lowest BCUT2D eigenvalue weighted by Gasteiger charge is -2.33. The molecule has 2 amide bonds. The van der Waals surface area contributed by atoms with Gasteiger partial charge in [0.2, 0.25) is 5.91 Å². The van der Waals surface area contributed by atoms with Crippen molar-refractivity contribution in [3.8, 4) is 0 Å². The summed E-state index contributed by atoms with van der Waals surface area (Å²) in [6.07, 6.45) is 3.61. The van der Waals surface area contributed by atoms with Gasteiger partial charge in [0, 0.05) is 19.3 Å². The number of rotatable bonds is 6. The first kappa shape index (κ1) is 19.8. The van der Waals surface area contributed by atoms with E-state index in [0.717, 1.165) is 11.1 Å². The summed E-state index contributed by atoms with van der Waals surface area (Å²) in [6, 6.07) is 16.2. The fourth-order valence-electron chi connectivity index (χ4n) is 3.75. The lowest BCUT2D eigenvalue weighted by atomic mass is 9.93. The number of amides is 2. The largest absolute Gasteiger partial charge is 0.459 e. The van der Waals surface area contributed by atoms with E-state index in [0.29, 0.717) is 18.7 Å². The number of nitrogens with zero attached hydrogens (tertiary/aromatic N) is 2. The summed E-state index contributed by atoms with van der Waals surface area (Å²) in [6.45, 7) is 0.371. The maximum Gasteiger partial charge on any atom is 0.289 e. The van der Waals surface area contributed by atoms with Crippen molar-refractivity contribution >= 4 is 11.8 Å². The molecular formula is C23H23N3O4. The lowest BCUT2D eigenvalue weighted by Crippen LogP contribution is -2.47. The van der Waals surface area contributed by atoms with Gasteiger partial charge in [0.1, 0.15) is 0 Å². The lowest BCUT2D eigenvalue weighted by molar-refractivity contribution is -0.124. The first-order valence-corrected chi connectivity index (χ1v) is 9.87. The highest BCUT2D eigenvalue weighted by Crippen LogP contribution is 2.28. The zero-order valence-corrected chi connectivity index (χ0v) is 16.4. The van der Waals surface area contributed by atoms with Gasteiger partial charge in [-0.15, -0.1) is 0 Å². The highest BCUT2D eigenvalue weighted by molar-refractivity contribution is 5.93. The van der Waals surface area contributed by atoms with Crippen molar-refractivity contribution in [3.05, 3.63) is 89.6 Å². The smallest absolute Gasteiger partial charge is 0.289 e. The van der Waals surface area contributed by atoms with Crippen LogP contribution in [0.15, 0.2) is 71.5 Å². The summed E-state index contributed by atoms with van der Waals surface area (Å²) in [7, 11) is 0. The monoisotopic (exact) mass is 405 g/mol. The average Bonchev–Trinajstić information content (AvgIpc) is 3.33. The van der Waals surface area contributed by atoms with Crippen molar-refractivity contribution in [3.63, 3.8) is 0 Å². The summed E-state index contributed by atoms with van der Waals surface area (Å²) in [5, 5.41) is 12.7. The fourth-order valence-corrected chi connectivity index (χ4v) is 3.75. The normalized spacial score (nSPS) is 16.6. The zero-order valence-electron chi connectivity index (χ0n) is 16.4. The van der Waals surface area contributed by atoms with E-state index in [-0.39, 0.29) is 30.7 Å². The number of aromatic nitrogens is 1. The van der Waals surface area contributed by atoms with Gasteiger partial charge in [0.05, 0.1) is 30.5 Å². The van der Waals surface area contributed by atoms with Crippen molar-refractivity contribution < 1.29 is 19.1 Å². The molecule has 0 fully saturated rings. The van der Waals surface area contributed by atoms with E-state index in [1.54, 1.807) is 29.3 Å². The highest BCUT2D eigenvalue weighted by Gasteiger charge is 2.35. The highest BCUT2D eigenvalue weighted by atomic mass is 16.3. The number of hydrogen-bond acceptors (Lipinski definition) is 5. The first-order chi connectivity index (χ1) is 14.7. The minimum Gasteiger partial charge on any atom is -0.459 e. The molecule has 0 saturated heterocycles. The van der Waals surface area contributed by atoms with E-state index in [1.807, 2.05) is 36.4 Å². The van der Waals surface area contributed by atoms with E-state index in [9.17, 15) is 14.7 Å². The Kier molecular flexibility index (Phi) is 5.90. The van der Waals surface area contributed by atoms with E-state index < -0.39 is 12.0 Å². The van der Waals surface area contributed by atoms with Gasteiger partial charge in [-0.1, -0.05) is 36.4 Å². The summed E-state index contributed by atoms with van der Waals surface area (Å²) in [5.74, 6) is -0.922. The minimum absolute atomic E-state index is 0.183. The van der Waals surface area contributed by atoms with Crippen molar-refractivity contribution in [2.75, 3.05) is 13.2 Å². The molecule has 7 heteroatoms. The van der Waals surface area contributed by atoms with Gasteiger partial charge in [0.25, 0.3) is 5.91 Å². The Hall–Kier alpha value is -3.45. The minimum atomic E-state index is -0.626. The molecule has 1 aliphatic rings. The number of aliphatic hydroxyl groups is 1. The van der Waals surface area contributed by atoms with Crippen molar-refractivity contribution in [2.24, 2.45) is 0 Å². The van der Waals surface area contributed by atoms with Gasteiger partial charge < -0.3 is 19.7 Å². The molecule has 1 aromatic carbocycles. The topological polar surface area (TPSA) is 95.7 Å². The number of carbonyl (C=O) groups excluding carboxylic acids is 2. The molecule has 7 nitrogen and oxygen atoms in total. The molecule has 2 unspecified atom stereocenters. The molecule has 0 spiro atoms. The molecule has 4 rings (SSSR count). The van der Waals surface area contributed by atoms with Crippen LogP contribution < -0.4 is 5.32 Å². The Bertz CT molecular complexity index is 1000. The second-order valence-electron chi connectivity index (χ2n) is 7.34. The number of furan rings is 1. The molecule has 2 atom stereocenters. The van der Waals surface area contributed by atoms with Gasteiger partial charge in [-0.05, 0) is 35.7 Å². The van der Waals surface area contributed by atoms with Crippen LogP contribution >= 0.6 is 0 Å². The molecule has 30 heavy (non-hydrogen) atoms. The van der Waals surface area contributed by atoms with E-state index in [2.05, 4.69) is 10.3 Å². The quantitative estimate of drug-likeness (QED) is 0.655. The van der Waals surface area contributed by atoms with E-state index >= 15 is 0 Å². The predicted molar refractivity (Wildman–Crippen MR) is 110 cm³/mol. The number of aliphatic hydroxyl groups excluding tert-OH is 1. The van der Waals surface area contributed by atoms with Crippen LogP contribution in [-0.4, -0.2) is 46.0 Å². The van der Waals surface area contributed by atoms with Crippen LogP contribution in [0.5, 0.6) is 0 Å². The second-order valence-corrected chi connectivity index (χ2v) is 7.34. The Morgan fingerprint density at radius 1 is 1.17 bits per heavy atom. The number of pyridine rings is 1. The standard InChI is InChI=1S/C23H23N3O4/c27-15-18(12-16-6-2-1-3-7-16)25-22(28)19-14-26(23(29)20-9-5-11-30-20)13-17-8-4-10-24-21(17)19/h1-11,18-19,27H,12-15H2,(H,25,28). The maximum atomic E-state index is 13.2. The third kappa shape index (κ3) is 4.26. The number of carbonyl (C=O) groups is 2. The van der Waals surface area contributed by atoms with Crippen LogP contribution in [-0.2, 0) is 17.8 Å². The molecule has 2 aromatic heterocycles. The molecule has 3 heterocycles. The summed E-state index contributed by atoms with van der Waals surface area (Å²) in [5.41, 5.74) is 2.51. The summed E-state index contributed by atoms with van der Waals surface area (Å²) < 4.78 is 5.24. The predicted octanol–water partition coefficient (Wildman–Crippen LogP) is 2.13. The van der Waals surface area contributed by atoms with E-state index in [1.165, 1.54) is 6.26 Å². The molecule has 0 saturated carbocycles. The van der Waals surface area contributed by atoms with Crippen LogP contribution in [0, 0.1) is 0 Å². The third-order valence-electron chi connectivity index (χ3n) is 5.25. The number of hydrogen-bond donors (Lipinski definition) is 2. The Morgan fingerprint density at radius 2 is 2.00 bits per heavy atom. The van der Waals surface area contributed by atoms with Gasteiger partial charge in [-0.2, -0.15) is 0 Å². The van der Waals surface area contributed by atoms with Gasteiger partial charge in [-0.3, -0.25) is 14.6 Å². The third-order valence-corrected chi connectivity index (χ3v) is 5.25. The molecule has 0 aliphatic carbocycles. The molecule has 2 N–H and O–H groups in total. The maximum absolute atomic E-state index is 13.2. The first-order valence-electron chi connectivity index (χ1n) is 9.87. The van der Waals surface area contributed by atoms with Crippen LogP contribution in [0.4, 0.5) is 0 Å². The van der Waals surface area contributed by atoms with Crippen molar-refractivity contribution in [2.45, 2.75) is 24.9 Å². The Labute approximate surface area is 174 Å². The average molecular weight is 405 g/mol. The molecule has 1 aliphatic heterocycles. The van der Waals surface area contributed by atoms with Crippen LogP contribution in [0.3, 0.4) is 0 Å². The summed E-state index contributed by atoms with van der Waals surface area (Å²) >= 11 is 0. The van der Waals surface area contributed by atoms with Gasteiger partial charge in [0.15, 0.2) is 5.76 Å². The second kappa shape index (κ2) is 8.92. The number of benzene rings is 1. The summed E-state index contributed by atoms with van der Waals surface area (Å²) in [4.78, 5) is 32.0. The van der Waals surface area contributed by atoms with Crippen molar-refractivity contribution in [1.82, 2.24) is 15.2 Å². The van der Waals surface area contributed by atoms with E-state index in [4.69, 9.17) is 4.42 Å². The van der Waals surface area contributed by atoms with Gasteiger partial charge in [-0.25, -0.2) is 0 Å². The molecule has 0 radical (unpaired) electrons. The van der Waals surface area contributed by atoms with Crippen molar-refractivity contribution in [1.29, 1.82) is 0 Å². The fraction of sp³-hybridized carbons (Fsp3) is 0.261.